The Labute approximate surface area is 157 Å². The summed E-state index contributed by atoms with van der Waals surface area (Å²) in [5.41, 5.74) is 0.964. The van der Waals surface area contributed by atoms with E-state index < -0.39 is 18.1 Å². The number of alkyl carbamates (subject to hydrolysis) is 1. The highest BCUT2D eigenvalue weighted by atomic mass is 16.6. The fraction of sp³-hybridized carbons (Fsp3) is 0.619. The Morgan fingerprint density at radius 2 is 1.54 bits per heavy atom. The third-order valence-corrected chi connectivity index (χ3v) is 4.08. The number of carbonyl (C=O) groups excluding carboxylic acids is 2. The Morgan fingerprint density at radius 3 is 2.23 bits per heavy atom. The van der Waals surface area contributed by atoms with Crippen molar-refractivity contribution in [3.63, 3.8) is 0 Å². The molecule has 146 valence electrons. The standard InChI is InChI=1S/C21H33NO4/c1-3-5-7-8-12-16-25-20(23)19(17-18-13-10-9-11-14-18)22-21(24)26-15-6-4-2/h9-11,13-14,19H,3-8,12,15-17H2,1-2H3,(H,22,24)/t19-/m0/s1. The van der Waals surface area contributed by atoms with Crippen LogP contribution in [0.15, 0.2) is 30.3 Å². The number of unbranched alkanes of at least 4 members (excludes halogenated alkanes) is 5. The van der Waals surface area contributed by atoms with Crippen LogP contribution in [-0.2, 0) is 20.7 Å². The van der Waals surface area contributed by atoms with Gasteiger partial charge in [-0.2, -0.15) is 0 Å². The number of hydrogen-bond acceptors (Lipinski definition) is 4. The van der Waals surface area contributed by atoms with Gasteiger partial charge >= 0.3 is 12.1 Å². The molecule has 0 aliphatic rings. The van der Waals surface area contributed by atoms with Gasteiger partial charge in [0.05, 0.1) is 13.2 Å². The van der Waals surface area contributed by atoms with Gasteiger partial charge in [-0.15, -0.1) is 0 Å². The van der Waals surface area contributed by atoms with Crippen molar-refractivity contribution in [2.45, 2.75) is 71.3 Å². The second kappa shape index (κ2) is 14.2. The Bertz CT molecular complexity index is 504. The van der Waals surface area contributed by atoms with Gasteiger partial charge in [-0.1, -0.05) is 76.3 Å². The predicted molar refractivity (Wildman–Crippen MR) is 103 cm³/mol. The minimum absolute atomic E-state index is 0.354. The molecule has 1 N–H and O–H groups in total. The van der Waals surface area contributed by atoms with Gasteiger partial charge in [0, 0.05) is 6.42 Å². The number of rotatable bonds is 13. The van der Waals surface area contributed by atoms with E-state index in [0.29, 0.717) is 19.6 Å². The van der Waals surface area contributed by atoms with E-state index in [9.17, 15) is 9.59 Å². The van der Waals surface area contributed by atoms with E-state index in [2.05, 4.69) is 12.2 Å². The maximum atomic E-state index is 12.4. The minimum Gasteiger partial charge on any atom is -0.464 e. The monoisotopic (exact) mass is 363 g/mol. The molecule has 0 saturated heterocycles. The summed E-state index contributed by atoms with van der Waals surface area (Å²) in [5.74, 6) is -0.406. The molecule has 1 atom stereocenters. The van der Waals surface area contributed by atoms with Crippen molar-refractivity contribution < 1.29 is 19.1 Å². The molecule has 0 saturated carbocycles. The summed E-state index contributed by atoms with van der Waals surface area (Å²) in [6.45, 7) is 4.93. The number of hydrogen-bond donors (Lipinski definition) is 1. The van der Waals surface area contributed by atoms with Crippen LogP contribution in [0.4, 0.5) is 4.79 Å². The smallest absolute Gasteiger partial charge is 0.407 e. The number of nitrogens with one attached hydrogen (secondary N) is 1. The third kappa shape index (κ3) is 10.1. The van der Waals surface area contributed by atoms with Gasteiger partial charge in [-0.25, -0.2) is 9.59 Å². The summed E-state index contributed by atoms with van der Waals surface area (Å²) >= 11 is 0. The number of carbonyl (C=O) groups is 2. The molecule has 0 aliphatic heterocycles. The predicted octanol–water partition coefficient (Wildman–Crippen LogP) is 4.64. The van der Waals surface area contributed by atoms with Gasteiger partial charge < -0.3 is 14.8 Å². The van der Waals surface area contributed by atoms with Crippen molar-refractivity contribution in [3.05, 3.63) is 35.9 Å². The number of benzene rings is 1. The van der Waals surface area contributed by atoms with E-state index in [1.807, 2.05) is 37.3 Å². The van der Waals surface area contributed by atoms with Crippen LogP contribution in [0.25, 0.3) is 0 Å². The zero-order chi connectivity index (χ0) is 19.0. The fourth-order valence-corrected chi connectivity index (χ4v) is 2.52. The molecule has 0 bridgehead atoms. The molecular formula is C21H33NO4. The lowest BCUT2D eigenvalue weighted by molar-refractivity contribution is -0.146. The van der Waals surface area contributed by atoms with Crippen LogP contribution in [0, 0.1) is 0 Å². The molecule has 5 nitrogen and oxygen atoms in total. The van der Waals surface area contributed by atoms with Crippen LogP contribution in [-0.4, -0.2) is 31.3 Å². The number of esters is 1. The maximum absolute atomic E-state index is 12.4. The fourth-order valence-electron chi connectivity index (χ4n) is 2.52. The lowest BCUT2D eigenvalue weighted by atomic mass is 10.1. The van der Waals surface area contributed by atoms with Crippen molar-refractivity contribution in [1.82, 2.24) is 5.32 Å². The first-order valence-electron chi connectivity index (χ1n) is 9.81. The van der Waals surface area contributed by atoms with E-state index >= 15 is 0 Å². The highest BCUT2D eigenvalue weighted by Gasteiger charge is 2.23. The summed E-state index contributed by atoms with van der Waals surface area (Å²) in [4.78, 5) is 24.3. The van der Waals surface area contributed by atoms with Crippen LogP contribution < -0.4 is 5.32 Å². The minimum atomic E-state index is -0.734. The van der Waals surface area contributed by atoms with E-state index in [-0.39, 0.29) is 0 Å². The van der Waals surface area contributed by atoms with Crippen molar-refractivity contribution in [3.8, 4) is 0 Å². The summed E-state index contributed by atoms with van der Waals surface area (Å²) in [5, 5.41) is 2.65. The second-order valence-corrected chi connectivity index (χ2v) is 6.46. The average molecular weight is 363 g/mol. The highest BCUT2D eigenvalue weighted by molar-refractivity contribution is 5.81. The topological polar surface area (TPSA) is 64.6 Å². The van der Waals surface area contributed by atoms with Gasteiger partial charge in [-0.05, 0) is 18.4 Å². The van der Waals surface area contributed by atoms with Gasteiger partial charge in [-0.3, -0.25) is 0 Å². The zero-order valence-electron chi connectivity index (χ0n) is 16.2. The molecule has 1 rings (SSSR count). The van der Waals surface area contributed by atoms with E-state index in [0.717, 1.165) is 37.7 Å². The Balaban J connectivity index is 2.50. The Morgan fingerprint density at radius 1 is 0.885 bits per heavy atom. The summed E-state index contributed by atoms with van der Waals surface area (Å²) < 4.78 is 10.5. The lowest BCUT2D eigenvalue weighted by Gasteiger charge is -2.18. The highest BCUT2D eigenvalue weighted by Crippen LogP contribution is 2.07. The first-order valence-corrected chi connectivity index (χ1v) is 9.81. The van der Waals surface area contributed by atoms with E-state index in [1.54, 1.807) is 0 Å². The molecule has 0 radical (unpaired) electrons. The molecule has 1 amide bonds. The molecule has 0 spiro atoms. The average Bonchev–Trinajstić information content (AvgIpc) is 2.65. The van der Waals surface area contributed by atoms with Crippen molar-refractivity contribution in [2.75, 3.05) is 13.2 Å². The molecule has 0 aromatic heterocycles. The summed E-state index contributed by atoms with van der Waals surface area (Å²) in [7, 11) is 0. The Kier molecular flexibility index (Phi) is 12.0. The number of ether oxygens (including phenoxy) is 2. The van der Waals surface area contributed by atoms with Crippen molar-refractivity contribution in [2.24, 2.45) is 0 Å². The van der Waals surface area contributed by atoms with Gasteiger partial charge in [0.25, 0.3) is 0 Å². The van der Waals surface area contributed by atoms with Crippen molar-refractivity contribution in [1.29, 1.82) is 0 Å². The summed E-state index contributed by atoms with van der Waals surface area (Å²) in [6.07, 6.45) is 7.02. The zero-order valence-corrected chi connectivity index (χ0v) is 16.2. The SMILES string of the molecule is CCCCCCCOC(=O)[C@H](Cc1ccccc1)NC(=O)OCCCC. The van der Waals surface area contributed by atoms with E-state index in [1.165, 1.54) is 12.8 Å². The first kappa shape index (κ1) is 22.0. The number of amides is 1. The molecule has 1 aromatic carbocycles. The van der Waals surface area contributed by atoms with Crippen LogP contribution in [0.1, 0.15) is 64.4 Å². The van der Waals surface area contributed by atoms with E-state index in [4.69, 9.17) is 9.47 Å². The first-order chi connectivity index (χ1) is 12.7. The second-order valence-electron chi connectivity index (χ2n) is 6.46. The quantitative estimate of drug-likeness (QED) is 0.410. The molecule has 26 heavy (non-hydrogen) atoms. The van der Waals surface area contributed by atoms with Crippen LogP contribution in [0.2, 0.25) is 0 Å². The molecule has 0 unspecified atom stereocenters. The largest absolute Gasteiger partial charge is 0.464 e. The van der Waals surface area contributed by atoms with Gasteiger partial charge in [0.1, 0.15) is 6.04 Å². The Hall–Kier alpha value is -2.04. The molecule has 0 aliphatic carbocycles. The normalized spacial score (nSPS) is 11.6. The summed E-state index contributed by atoms with van der Waals surface area (Å²) in [6, 6.07) is 8.85. The molecule has 0 fully saturated rings. The van der Waals surface area contributed by atoms with Crippen LogP contribution in [0.3, 0.4) is 0 Å². The van der Waals surface area contributed by atoms with Gasteiger partial charge in [0.15, 0.2) is 0 Å². The third-order valence-electron chi connectivity index (χ3n) is 4.08. The van der Waals surface area contributed by atoms with Crippen LogP contribution >= 0.6 is 0 Å². The lowest BCUT2D eigenvalue weighted by Crippen LogP contribution is -2.43. The van der Waals surface area contributed by atoms with Crippen LogP contribution in [0.5, 0.6) is 0 Å². The molecule has 5 heteroatoms. The molecule has 0 heterocycles. The maximum Gasteiger partial charge on any atom is 0.407 e. The van der Waals surface area contributed by atoms with Crippen molar-refractivity contribution >= 4 is 12.1 Å². The van der Waals surface area contributed by atoms with Gasteiger partial charge in [0.2, 0.25) is 0 Å². The molecular weight excluding hydrogens is 330 g/mol. The molecule has 1 aromatic rings.